The van der Waals surface area contributed by atoms with Crippen molar-refractivity contribution in [3.05, 3.63) is 61.8 Å². The quantitative estimate of drug-likeness (QED) is 0.559. The lowest BCUT2D eigenvalue weighted by atomic mass is 9.95. The Balaban J connectivity index is 1.51. The van der Waals surface area contributed by atoms with Gasteiger partial charge in [0.1, 0.15) is 17.7 Å². The highest BCUT2D eigenvalue weighted by atomic mass is 35.5. The third kappa shape index (κ3) is 4.40. The third-order valence-electron chi connectivity index (χ3n) is 7.29. The number of halogens is 2. The molecule has 2 amide bonds. The molecule has 1 unspecified atom stereocenters. The van der Waals surface area contributed by atoms with Crippen molar-refractivity contribution >= 4 is 33.4 Å². The molecule has 1 aromatic carbocycles. The molecule has 3 heterocycles. The number of likely N-dealkylation sites (N-methyl/N-ethyl adjacent to an activating group) is 1. The van der Waals surface area contributed by atoms with E-state index in [2.05, 4.69) is 0 Å². The predicted molar refractivity (Wildman–Crippen MR) is 132 cm³/mol. The van der Waals surface area contributed by atoms with Crippen LogP contribution in [0.4, 0.5) is 4.39 Å². The first-order valence-corrected chi connectivity index (χ1v) is 14.1. The number of hydrogen-bond donors (Lipinski definition) is 1. The van der Waals surface area contributed by atoms with Gasteiger partial charge < -0.3 is 14.9 Å². The van der Waals surface area contributed by atoms with Crippen LogP contribution in [-0.4, -0.2) is 76.9 Å². The number of sulfonamides is 1. The van der Waals surface area contributed by atoms with E-state index in [0.717, 1.165) is 23.4 Å². The second-order valence-electron chi connectivity index (χ2n) is 9.79. The van der Waals surface area contributed by atoms with Crippen LogP contribution in [0, 0.1) is 11.7 Å². The standard InChI is InChI=1S/C24H26ClFN4O6S/c1-27(37(2,35)36)9-10-29-21(14-4-5-14)30-19(23(29)33)15-7-8-28(22(32)18(15)20(31)24(30)34)12-13-3-6-17(26)16(25)11-13/h3,6,11,14,21,31H,4-5,7-10,12H2,1-2H3. The van der Waals surface area contributed by atoms with E-state index in [1.165, 1.54) is 39.6 Å². The lowest BCUT2D eigenvalue weighted by Gasteiger charge is -2.30. The summed E-state index contributed by atoms with van der Waals surface area (Å²) in [6.45, 7) is 0.395. The molecule has 1 atom stereocenters. The molecule has 198 valence electrons. The third-order valence-corrected chi connectivity index (χ3v) is 8.89. The number of amides is 2. The van der Waals surface area contributed by atoms with Crippen molar-refractivity contribution in [1.29, 1.82) is 0 Å². The van der Waals surface area contributed by atoms with E-state index in [4.69, 9.17) is 11.6 Å². The van der Waals surface area contributed by atoms with E-state index in [1.807, 2.05) is 0 Å². The van der Waals surface area contributed by atoms with Gasteiger partial charge in [-0.2, -0.15) is 0 Å². The van der Waals surface area contributed by atoms with Gasteiger partial charge in [0.25, 0.3) is 17.4 Å². The number of benzene rings is 1. The van der Waals surface area contributed by atoms with Crippen molar-refractivity contribution in [1.82, 2.24) is 18.7 Å². The van der Waals surface area contributed by atoms with Crippen molar-refractivity contribution in [2.75, 3.05) is 32.9 Å². The first-order chi connectivity index (χ1) is 17.4. The summed E-state index contributed by atoms with van der Waals surface area (Å²) >= 11 is 5.86. The molecular weight excluding hydrogens is 527 g/mol. The summed E-state index contributed by atoms with van der Waals surface area (Å²) in [5.74, 6) is -2.36. The van der Waals surface area contributed by atoms with Gasteiger partial charge >= 0.3 is 0 Å². The molecule has 2 aromatic rings. The molecule has 37 heavy (non-hydrogen) atoms. The van der Waals surface area contributed by atoms with E-state index < -0.39 is 45.1 Å². The monoisotopic (exact) mass is 552 g/mol. The number of nitrogens with zero attached hydrogens (tertiary/aromatic N) is 4. The van der Waals surface area contributed by atoms with Crippen LogP contribution < -0.4 is 5.56 Å². The molecule has 0 spiro atoms. The van der Waals surface area contributed by atoms with E-state index in [1.54, 1.807) is 0 Å². The van der Waals surface area contributed by atoms with E-state index in [0.29, 0.717) is 11.1 Å². The molecule has 2 aliphatic heterocycles. The van der Waals surface area contributed by atoms with Crippen LogP contribution in [0.5, 0.6) is 5.75 Å². The van der Waals surface area contributed by atoms with E-state index in [9.17, 15) is 32.3 Å². The van der Waals surface area contributed by atoms with Crippen LogP contribution in [0.25, 0.3) is 0 Å². The maximum atomic E-state index is 13.6. The van der Waals surface area contributed by atoms with Crippen LogP contribution in [0.2, 0.25) is 5.02 Å². The summed E-state index contributed by atoms with van der Waals surface area (Å²) < 4.78 is 39.7. The lowest BCUT2D eigenvalue weighted by Crippen LogP contribution is -2.40. The maximum Gasteiger partial charge on any atom is 0.295 e. The molecular formula is C24H26ClFN4O6S. The van der Waals surface area contributed by atoms with Crippen LogP contribution >= 0.6 is 11.6 Å². The fourth-order valence-electron chi connectivity index (χ4n) is 5.11. The first kappa shape index (κ1) is 25.7. The van der Waals surface area contributed by atoms with Crippen molar-refractivity contribution in [3.63, 3.8) is 0 Å². The SMILES string of the molecule is CN(CCN1C(=O)c2c3c(c(O)c(=O)n2C1C1CC1)C(=O)N(Cc1ccc(F)c(Cl)c1)CC3)S(C)(=O)=O. The van der Waals surface area contributed by atoms with Crippen LogP contribution in [0.15, 0.2) is 23.0 Å². The fraction of sp³-hybridized carbons (Fsp3) is 0.458. The van der Waals surface area contributed by atoms with Crippen LogP contribution in [-0.2, 0) is 23.0 Å². The highest BCUT2D eigenvalue weighted by Gasteiger charge is 2.49. The first-order valence-electron chi connectivity index (χ1n) is 11.9. The Bertz CT molecular complexity index is 1490. The molecule has 1 aromatic heterocycles. The van der Waals surface area contributed by atoms with Gasteiger partial charge in [-0.3, -0.25) is 19.0 Å². The zero-order valence-corrected chi connectivity index (χ0v) is 21.9. The molecule has 10 nitrogen and oxygen atoms in total. The summed E-state index contributed by atoms with van der Waals surface area (Å²) in [7, 11) is -2.05. The highest BCUT2D eigenvalue weighted by Crippen LogP contribution is 2.46. The second-order valence-corrected chi connectivity index (χ2v) is 12.3. The smallest absolute Gasteiger partial charge is 0.295 e. The molecule has 0 bridgehead atoms. The molecule has 13 heteroatoms. The Morgan fingerprint density at radius 3 is 2.51 bits per heavy atom. The minimum Gasteiger partial charge on any atom is -0.502 e. The Kier molecular flexibility index (Phi) is 6.32. The molecule has 0 radical (unpaired) electrons. The molecule has 0 saturated heterocycles. The number of pyridine rings is 1. The number of hydrogen-bond acceptors (Lipinski definition) is 6. The normalized spacial score (nSPS) is 19.5. The van der Waals surface area contributed by atoms with Gasteiger partial charge in [0, 0.05) is 38.8 Å². The predicted octanol–water partition coefficient (Wildman–Crippen LogP) is 1.80. The van der Waals surface area contributed by atoms with Crippen LogP contribution in [0.1, 0.15) is 51.0 Å². The average molecular weight is 553 g/mol. The zero-order valence-electron chi connectivity index (χ0n) is 20.3. The van der Waals surface area contributed by atoms with Gasteiger partial charge in [-0.1, -0.05) is 17.7 Å². The van der Waals surface area contributed by atoms with Gasteiger partial charge in [0.15, 0.2) is 5.75 Å². The van der Waals surface area contributed by atoms with Gasteiger partial charge in [0.05, 0.1) is 16.8 Å². The summed E-state index contributed by atoms with van der Waals surface area (Å²) in [4.78, 5) is 43.3. The highest BCUT2D eigenvalue weighted by molar-refractivity contribution is 7.88. The fourth-order valence-corrected chi connectivity index (χ4v) is 5.72. The Labute approximate surface area is 217 Å². The molecule has 1 saturated carbocycles. The van der Waals surface area contributed by atoms with Crippen LogP contribution in [0.3, 0.4) is 0 Å². The van der Waals surface area contributed by atoms with Gasteiger partial charge in [0.2, 0.25) is 10.0 Å². The Morgan fingerprint density at radius 2 is 1.89 bits per heavy atom. The number of aromatic nitrogens is 1. The zero-order chi connectivity index (χ0) is 26.8. The Hall–Kier alpha value is -2.96. The average Bonchev–Trinajstić information content (AvgIpc) is 3.63. The van der Waals surface area contributed by atoms with E-state index in [-0.39, 0.29) is 54.8 Å². The Morgan fingerprint density at radius 1 is 1.19 bits per heavy atom. The molecule has 5 rings (SSSR count). The number of rotatable bonds is 7. The summed E-state index contributed by atoms with van der Waals surface area (Å²) in [5, 5.41) is 10.8. The summed E-state index contributed by atoms with van der Waals surface area (Å²) in [6, 6.07) is 4.10. The minimum atomic E-state index is -3.47. The minimum absolute atomic E-state index is 0.00269. The van der Waals surface area contributed by atoms with Crippen molar-refractivity contribution < 1.29 is 27.5 Å². The summed E-state index contributed by atoms with van der Waals surface area (Å²) in [6.07, 6.45) is 2.22. The second kappa shape index (κ2) is 9.10. The largest absolute Gasteiger partial charge is 0.502 e. The number of fused-ring (bicyclic) bond motifs is 3. The summed E-state index contributed by atoms with van der Waals surface area (Å²) in [5.41, 5.74) is -0.0574. The van der Waals surface area contributed by atoms with Gasteiger partial charge in [-0.25, -0.2) is 17.1 Å². The van der Waals surface area contributed by atoms with E-state index >= 15 is 0 Å². The topological polar surface area (TPSA) is 120 Å². The molecule has 3 aliphatic rings. The maximum absolute atomic E-state index is 13.6. The van der Waals surface area contributed by atoms with Gasteiger partial charge in [-0.15, -0.1) is 0 Å². The van der Waals surface area contributed by atoms with Crippen molar-refractivity contribution in [2.45, 2.75) is 32.0 Å². The molecule has 1 aliphatic carbocycles. The molecule has 1 N–H and O–H groups in total. The number of carbonyl (C=O) groups is 2. The lowest BCUT2D eigenvalue weighted by molar-refractivity contribution is 0.0657. The number of aromatic hydroxyl groups is 1. The van der Waals surface area contributed by atoms with Gasteiger partial charge in [-0.05, 0) is 42.9 Å². The molecule has 1 fully saturated rings. The number of carbonyl (C=O) groups excluding carboxylic acids is 2. The van der Waals surface area contributed by atoms with Crippen molar-refractivity contribution in [2.24, 2.45) is 5.92 Å². The van der Waals surface area contributed by atoms with Crippen molar-refractivity contribution in [3.8, 4) is 5.75 Å².